The highest BCUT2D eigenvalue weighted by Crippen LogP contribution is 2.17. The van der Waals surface area contributed by atoms with Crippen molar-refractivity contribution in [2.75, 3.05) is 0 Å². The zero-order valence-electron chi connectivity index (χ0n) is 14.3. The van der Waals surface area contributed by atoms with Crippen LogP contribution in [-0.4, -0.2) is 14.9 Å². The molecule has 8 nitrogen and oxygen atoms in total. The Morgan fingerprint density at radius 1 is 1.00 bits per heavy atom. The minimum absolute atomic E-state index is 0.199. The van der Waals surface area contributed by atoms with Crippen LogP contribution in [0.3, 0.4) is 0 Å². The van der Waals surface area contributed by atoms with Crippen LogP contribution in [0.4, 0.5) is 10.1 Å². The molecule has 3 rings (SSSR count). The first-order valence-electron chi connectivity index (χ1n) is 8.09. The molecule has 0 amide bonds. The molecule has 0 atom stereocenters. The molecular weight excluding hydrogens is 369 g/mol. The van der Waals surface area contributed by atoms with Crippen molar-refractivity contribution in [3.63, 3.8) is 0 Å². The van der Waals surface area contributed by atoms with Crippen molar-refractivity contribution in [2.24, 2.45) is 0 Å². The first-order chi connectivity index (χ1) is 13.4. The third kappa shape index (κ3) is 4.58. The number of nitrogens with zero attached hydrogens (tertiary/aromatic N) is 1. The average Bonchev–Trinajstić information content (AvgIpc) is 2.66. The van der Waals surface area contributed by atoms with Gasteiger partial charge in [0.2, 0.25) is 0 Å². The van der Waals surface area contributed by atoms with E-state index in [-0.39, 0.29) is 18.1 Å². The monoisotopic (exact) mass is 383 g/mol. The van der Waals surface area contributed by atoms with Gasteiger partial charge in [0.25, 0.3) is 0 Å². The van der Waals surface area contributed by atoms with Crippen LogP contribution in [0.1, 0.15) is 16.8 Å². The number of hydrogen-bond donors (Lipinski definition) is 2. The van der Waals surface area contributed by atoms with Gasteiger partial charge in [-0.1, -0.05) is 30.3 Å². The van der Waals surface area contributed by atoms with Crippen molar-refractivity contribution in [2.45, 2.75) is 6.61 Å². The van der Waals surface area contributed by atoms with Gasteiger partial charge in [-0.3, -0.25) is 19.9 Å². The van der Waals surface area contributed by atoms with Gasteiger partial charge in [0.1, 0.15) is 23.9 Å². The van der Waals surface area contributed by atoms with E-state index >= 15 is 0 Å². The second-order valence-electron chi connectivity index (χ2n) is 5.75. The number of ether oxygens (including phenoxy) is 1. The van der Waals surface area contributed by atoms with E-state index < -0.39 is 21.9 Å². The van der Waals surface area contributed by atoms with Crippen molar-refractivity contribution in [1.29, 1.82) is 0 Å². The van der Waals surface area contributed by atoms with Crippen LogP contribution in [0.25, 0.3) is 12.2 Å². The molecule has 2 N–H and O–H groups in total. The highest BCUT2D eigenvalue weighted by Gasteiger charge is 2.18. The van der Waals surface area contributed by atoms with E-state index in [1.54, 1.807) is 36.4 Å². The van der Waals surface area contributed by atoms with Gasteiger partial charge in [-0.2, -0.15) is 0 Å². The van der Waals surface area contributed by atoms with Gasteiger partial charge in [0.05, 0.1) is 4.92 Å². The molecule has 142 valence electrons. The van der Waals surface area contributed by atoms with Crippen LogP contribution >= 0.6 is 0 Å². The second kappa shape index (κ2) is 8.12. The number of aromatic amines is 2. The fraction of sp³-hybridized carbons (Fsp3) is 0.0526. The van der Waals surface area contributed by atoms with E-state index in [0.29, 0.717) is 11.3 Å². The van der Waals surface area contributed by atoms with Crippen LogP contribution in [0, 0.1) is 15.9 Å². The molecule has 0 radical (unpaired) electrons. The van der Waals surface area contributed by atoms with Crippen LogP contribution < -0.4 is 16.0 Å². The smallest absolute Gasteiger partial charge is 0.357 e. The fourth-order valence-electron chi connectivity index (χ4n) is 2.40. The maximum absolute atomic E-state index is 12.9. The van der Waals surface area contributed by atoms with E-state index in [2.05, 4.69) is 4.98 Å². The molecule has 2 aromatic carbocycles. The van der Waals surface area contributed by atoms with Gasteiger partial charge in [-0.25, -0.2) is 9.18 Å². The first-order valence-corrected chi connectivity index (χ1v) is 8.09. The molecule has 0 unspecified atom stereocenters. The summed E-state index contributed by atoms with van der Waals surface area (Å²) in [6, 6.07) is 12.7. The Morgan fingerprint density at radius 3 is 2.32 bits per heavy atom. The molecule has 28 heavy (non-hydrogen) atoms. The summed E-state index contributed by atoms with van der Waals surface area (Å²) >= 11 is 0. The molecule has 0 bridgehead atoms. The highest BCUT2D eigenvalue weighted by atomic mass is 19.1. The Hall–Kier alpha value is -4.01. The lowest BCUT2D eigenvalue weighted by atomic mass is 10.2. The highest BCUT2D eigenvalue weighted by molar-refractivity contribution is 5.71. The van der Waals surface area contributed by atoms with Gasteiger partial charge < -0.3 is 9.72 Å². The topological polar surface area (TPSA) is 118 Å². The van der Waals surface area contributed by atoms with Gasteiger partial charge in [0.15, 0.2) is 0 Å². The molecule has 0 fully saturated rings. The van der Waals surface area contributed by atoms with Gasteiger partial charge in [0, 0.05) is 0 Å². The number of nitro groups is 1. The molecule has 1 aromatic heterocycles. The zero-order valence-corrected chi connectivity index (χ0v) is 14.3. The molecule has 0 aliphatic rings. The van der Waals surface area contributed by atoms with Crippen LogP contribution in [0.2, 0.25) is 0 Å². The zero-order chi connectivity index (χ0) is 20.1. The third-order valence-corrected chi connectivity index (χ3v) is 3.77. The summed E-state index contributed by atoms with van der Waals surface area (Å²) in [5.74, 6) is 0.263. The van der Waals surface area contributed by atoms with Crippen molar-refractivity contribution in [1.82, 2.24) is 9.97 Å². The molecule has 3 aromatic rings. The summed E-state index contributed by atoms with van der Waals surface area (Å²) in [6.07, 6.45) is 2.80. The number of halogens is 1. The lowest BCUT2D eigenvalue weighted by Gasteiger charge is -2.06. The second-order valence-corrected chi connectivity index (χ2v) is 5.75. The largest absolute Gasteiger partial charge is 0.489 e. The number of H-pyrrole nitrogens is 2. The average molecular weight is 383 g/mol. The Kier molecular flexibility index (Phi) is 5.45. The number of nitrogens with one attached hydrogen (secondary N) is 2. The SMILES string of the molecule is O=c1[nH]c(C=Cc2ccc(OCc3ccc(F)cc3)cc2)c([N+](=O)[O-])c(=O)[nH]1. The fourth-order valence-corrected chi connectivity index (χ4v) is 2.40. The quantitative estimate of drug-likeness (QED) is 0.501. The summed E-state index contributed by atoms with van der Waals surface area (Å²) in [5, 5.41) is 11.0. The van der Waals surface area contributed by atoms with E-state index in [4.69, 9.17) is 4.74 Å². The minimum atomic E-state index is -1.07. The van der Waals surface area contributed by atoms with Crippen LogP contribution in [0.5, 0.6) is 5.75 Å². The molecule has 9 heteroatoms. The van der Waals surface area contributed by atoms with Crippen molar-refractivity contribution < 1.29 is 14.1 Å². The third-order valence-electron chi connectivity index (χ3n) is 3.77. The van der Waals surface area contributed by atoms with E-state index in [1.807, 2.05) is 4.98 Å². The Bertz CT molecular complexity index is 1130. The molecule has 0 aliphatic carbocycles. The van der Waals surface area contributed by atoms with E-state index in [9.17, 15) is 24.1 Å². The molecule has 0 aliphatic heterocycles. The Labute approximate surface area is 157 Å². The van der Waals surface area contributed by atoms with Crippen molar-refractivity contribution >= 4 is 17.8 Å². The molecule has 0 saturated carbocycles. The Morgan fingerprint density at radius 2 is 1.68 bits per heavy atom. The molecule has 0 spiro atoms. The van der Waals surface area contributed by atoms with E-state index in [0.717, 1.165) is 5.56 Å². The maximum atomic E-state index is 12.9. The number of aromatic nitrogens is 2. The summed E-state index contributed by atoms with van der Waals surface area (Å²) in [5.41, 5.74) is -1.36. The predicted octanol–water partition coefficient (Wildman–Crippen LogP) is 2.86. The molecule has 0 saturated heterocycles. The first kappa shape index (κ1) is 18.8. The Balaban J connectivity index is 1.72. The standard InChI is InChI=1S/C19H14FN3O5/c20-14-6-1-13(2-7-14)11-28-15-8-3-12(4-9-15)5-10-16-17(23(26)27)18(24)22-19(25)21-16/h1-10H,11H2,(H2,21,22,24,25). The summed E-state index contributed by atoms with van der Waals surface area (Å²) < 4.78 is 18.5. The normalized spacial score (nSPS) is 10.9. The summed E-state index contributed by atoms with van der Waals surface area (Å²) in [4.78, 5) is 37.1. The summed E-state index contributed by atoms with van der Waals surface area (Å²) in [6.45, 7) is 0.274. The number of rotatable bonds is 6. The molecule has 1 heterocycles. The lowest BCUT2D eigenvalue weighted by Crippen LogP contribution is -2.25. The van der Waals surface area contributed by atoms with Gasteiger partial charge in [-0.15, -0.1) is 0 Å². The van der Waals surface area contributed by atoms with Crippen LogP contribution in [-0.2, 0) is 6.61 Å². The molecular formula is C19H14FN3O5. The number of benzene rings is 2. The lowest BCUT2D eigenvalue weighted by molar-refractivity contribution is -0.386. The van der Waals surface area contributed by atoms with E-state index in [1.165, 1.54) is 24.3 Å². The minimum Gasteiger partial charge on any atom is -0.489 e. The predicted molar refractivity (Wildman–Crippen MR) is 100 cm³/mol. The number of hydrogen-bond acceptors (Lipinski definition) is 5. The van der Waals surface area contributed by atoms with Crippen molar-refractivity contribution in [3.05, 3.63) is 102 Å². The van der Waals surface area contributed by atoms with Gasteiger partial charge >= 0.3 is 16.9 Å². The summed E-state index contributed by atoms with van der Waals surface area (Å²) in [7, 11) is 0. The van der Waals surface area contributed by atoms with Crippen LogP contribution in [0.15, 0.2) is 58.1 Å². The van der Waals surface area contributed by atoms with Gasteiger partial charge in [-0.05, 0) is 41.5 Å². The maximum Gasteiger partial charge on any atom is 0.357 e. The van der Waals surface area contributed by atoms with Crippen molar-refractivity contribution in [3.8, 4) is 5.75 Å².